The lowest BCUT2D eigenvalue weighted by Gasteiger charge is -2.25. The number of hydrogen-bond acceptors (Lipinski definition) is 11. The standard InChI is InChI=1S/C28H38FN6O7P/c1-16(2)40-26(37)17(3)33-43(38,42-20-10-8-7-9-11-20)39-14-21-23(36)28(5,29)27(41-21)35-15-30-22-24(34(6)19-12-13-19)31-18(4)32-25(22)35/h7-11,15-17,19,21,23,27,36H,12-14H2,1-6H3,(H,33,38)/t17-,21+,23+,27+,28+,43?/m0/s1. The number of hydrogen-bond donors (Lipinski definition) is 2. The van der Waals surface area contributed by atoms with Crippen LogP contribution in [0.2, 0.25) is 0 Å². The molecule has 0 amide bonds. The molecule has 5 rings (SSSR count). The molecule has 1 unspecified atom stereocenters. The van der Waals surface area contributed by atoms with Crippen LogP contribution in [0.25, 0.3) is 11.2 Å². The molecule has 2 N–H and O–H groups in total. The van der Waals surface area contributed by atoms with E-state index in [1.807, 2.05) is 11.9 Å². The summed E-state index contributed by atoms with van der Waals surface area (Å²) in [5, 5.41) is 13.6. The van der Waals surface area contributed by atoms with Crippen LogP contribution in [0.4, 0.5) is 10.2 Å². The average Bonchev–Trinajstić information content (AvgIpc) is 3.67. The number of ether oxygens (including phenoxy) is 2. The molecule has 234 valence electrons. The number of halogens is 1. The first-order chi connectivity index (χ1) is 20.3. The Bertz CT molecular complexity index is 1500. The third kappa shape index (κ3) is 6.68. The Kier molecular flexibility index (Phi) is 8.79. The predicted octanol–water partition coefficient (Wildman–Crippen LogP) is 3.85. The number of aromatic nitrogens is 4. The van der Waals surface area contributed by atoms with Crippen LogP contribution in [-0.2, 0) is 23.4 Å². The molecular formula is C28H38FN6O7P. The van der Waals surface area contributed by atoms with E-state index in [2.05, 4.69) is 20.0 Å². The van der Waals surface area contributed by atoms with E-state index in [-0.39, 0.29) is 5.75 Å². The van der Waals surface area contributed by atoms with Crippen molar-refractivity contribution >= 4 is 30.7 Å². The van der Waals surface area contributed by atoms with Crippen molar-refractivity contribution in [3.63, 3.8) is 0 Å². The number of nitrogens with one attached hydrogen (secondary N) is 1. The summed E-state index contributed by atoms with van der Waals surface area (Å²) >= 11 is 0. The molecule has 1 saturated carbocycles. The molecule has 0 radical (unpaired) electrons. The first-order valence-corrected chi connectivity index (χ1v) is 15.8. The number of rotatable bonds is 12. The van der Waals surface area contributed by atoms with Crippen LogP contribution in [0.3, 0.4) is 0 Å². The van der Waals surface area contributed by atoms with Crippen molar-refractivity contribution in [1.82, 2.24) is 24.6 Å². The fourth-order valence-electron chi connectivity index (χ4n) is 4.92. The zero-order valence-electron chi connectivity index (χ0n) is 25.0. The second kappa shape index (κ2) is 12.1. The third-order valence-corrected chi connectivity index (χ3v) is 8.99. The van der Waals surface area contributed by atoms with Gasteiger partial charge in [-0.1, -0.05) is 18.2 Å². The molecule has 0 spiro atoms. The number of carbonyl (C=O) groups excluding carboxylic acids is 1. The molecule has 2 fully saturated rings. The minimum atomic E-state index is -4.27. The van der Waals surface area contributed by atoms with Gasteiger partial charge in [0.15, 0.2) is 28.9 Å². The van der Waals surface area contributed by atoms with E-state index in [0.29, 0.717) is 28.8 Å². The van der Waals surface area contributed by atoms with Gasteiger partial charge in [0.05, 0.1) is 19.0 Å². The monoisotopic (exact) mass is 620 g/mol. The zero-order chi connectivity index (χ0) is 31.1. The van der Waals surface area contributed by atoms with Crippen LogP contribution in [0.5, 0.6) is 5.75 Å². The summed E-state index contributed by atoms with van der Waals surface area (Å²) in [4.78, 5) is 28.0. The lowest BCUT2D eigenvalue weighted by molar-refractivity contribution is -0.149. The Labute approximate surface area is 249 Å². The molecule has 3 aromatic rings. The van der Waals surface area contributed by atoms with Crippen LogP contribution >= 0.6 is 7.75 Å². The summed E-state index contributed by atoms with van der Waals surface area (Å²) in [5.41, 5.74) is -1.47. The van der Waals surface area contributed by atoms with Gasteiger partial charge in [0, 0.05) is 13.1 Å². The largest absolute Gasteiger partial charge is 0.462 e. The molecular weight excluding hydrogens is 582 g/mol. The Morgan fingerprint density at radius 2 is 1.98 bits per heavy atom. The molecule has 1 saturated heterocycles. The van der Waals surface area contributed by atoms with E-state index in [1.54, 1.807) is 51.1 Å². The molecule has 0 bridgehead atoms. The van der Waals surface area contributed by atoms with E-state index in [0.717, 1.165) is 12.8 Å². The maximum Gasteiger partial charge on any atom is 0.459 e. The Morgan fingerprint density at radius 1 is 1.28 bits per heavy atom. The number of aliphatic hydroxyl groups excluding tert-OH is 1. The van der Waals surface area contributed by atoms with Gasteiger partial charge in [0.2, 0.25) is 0 Å². The average molecular weight is 621 g/mol. The van der Waals surface area contributed by atoms with E-state index in [4.69, 9.17) is 18.5 Å². The number of fused-ring (bicyclic) bond motifs is 1. The number of carbonyl (C=O) groups is 1. The van der Waals surface area contributed by atoms with E-state index in [9.17, 15) is 14.5 Å². The third-order valence-electron chi connectivity index (χ3n) is 7.35. The number of alkyl halides is 1. The summed E-state index contributed by atoms with van der Waals surface area (Å²) in [6.07, 6.45) is -1.16. The van der Waals surface area contributed by atoms with Crippen molar-refractivity contribution in [1.29, 1.82) is 0 Å². The topological polar surface area (TPSA) is 150 Å². The maximum absolute atomic E-state index is 16.2. The molecule has 1 aliphatic carbocycles. The number of para-hydroxylation sites is 1. The second-order valence-electron chi connectivity index (χ2n) is 11.4. The zero-order valence-corrected chi connectivity index (χ0v) is 25.9. The molecule has 13 nitrogen and oxygen atoms in total. The second-order valence-corrected chi connectivity index (χ2v) is 13.1. The number of nitrogens with zero attached hydrogens (tertiary/aromatic N) is 5. The minimum absolute atomic E-state index is 0.204. The highest BCUT2D eigenvalue weighted by Crippen LogP contribution is 2.48. The van der Waals surface area contributed by atoms with E-state index < -0.39 is 56.6 Å². The highest BCUT2D eigenvalue weighted by molar-refractivity contribution is 7.52. The first kappa shape index (κ1) is 31.3. The molecule has 6 atom stereocenters. The van der Waals surface area contributed by atoms with Crippen molar-refractivity contribution in [3.05, 3.63) is 42.5 Å². The highest BCUT2D eigenvalue weighted by atomic mass is 31.2. The Balaban J connectivity index is 1.37. The molecule has 2 aromatic heterocycles. The van der Waals surface area contributed by atoms with Gasteiger partial charge in [-0.3, -0.25) is 13.9 Å². The highest BCUT2D eigenvalue weighted by Gasteiger charge is 2.56. The predicted molar refractivity (Wildman–Crippen MR) is 155 cm³/mol. The number of benzene rings is 1. The van der Waals surface area contributed by atoms with Crippen LogP contribution in [0.1, 0.15) is 52.6 Å². The van der Waals surface area contributed by atoms with Crippen LogP contribution in [0, 0.1) is 6.92 Å². The summed E-state index contributed by atoms with van der Waals surface area (Å²) in [7, 11) is -2.33. The van der Waals surface area contributed by atoms with Crippen molar-refractivity contribution in [2.75, 3.05) is 18.6 Å². The smallest absolute Gasteiger partial charge is 0.459 e. The summed E-state index contributed by atoms with van der Waals surface area (Å²) in [5.74, 6) is 0.652. The SMILES string of the molecule is Cc1nc(N(C)C2CC2)c2ncn([C@@H]3O[C@H](COP(=O)(N[C@@H](C)C(=O)OC(C)C)Oc4ccccc4)[C@@H](O)[C@@]3(C)F)c2n1. The number of imidazole rings is 1. The molecule has 1 aliphatic heterocycles. The summed E-state index contributed by atoms with van der Waals surface area (Å²) in [6, 6.07) is 7.51. The van der Waals surface area contributed by atoms with Crippen LogP contribution < -0.4 is 14.5 Å². The van der Waals surface area contributed by atoms with Gasteiger partial charge in [0.1, 0.15) is 29.8 Å². The summed E-state index contributed by atoms with van der Waals surface area (Å²) < 4.78 is 54.0. The Hall–Kier alpha value is -3.16. The van der Waals surface area contributed by atoms with Gasteiger partial charge in [-0.15, -0.1) is 0 Å². The fraction of sp³-hybridized carbons (Fsp3) is 0.571. The van der Waals surface area contributed by atoms with Gasteiger partial charge in [0.25, 0.3) is 0 Å². The number of aryl methyl sites for hydroxylation is 1. The molecule has 2 aliphatic rings. The molecule has 3 heterocycles. The first-order valence-electron chi connectivity index (χ1n) is 14.2. The van der Waals surface area contributed by atoms with Crippen LogP contribution in [-0.4, -0.2) is 80.3 Å². The molecule has 1 aromatic carbocycles. The minimum Gasteiger partial charge on any atom is -0.462 e. The van der Waals surface area contributed by atoms with Gasteiger partial charge >= 0.3 is 13.7 Å². The van der Waals surface area contributed by atoms with Crippen molar-refractivity contribution in [3.8, 4) is 5.75 Å². The lowest BCUT2D eigenvalue weighted by Crippen LogP contribution is -2.41. The number of aliphatic hydroxyl groups is 1. The van der Waals surface area contributed by atoms with E-state index >= 15 is 4.39 Å². The Morgan fingerprint density at radius 3 is 2.63 bits per heavy atom. The normalized spacial score (nSPS) is 25.9. The van der Waals surface area contributed by atoms with Crippen LogP contribution in [0.15, 0.2) is 36.7 Å². The van der Waals surface area contributed by atoms with Gasteiger partial charge < -0.3 is 24.0 Å². The van der Waals surface area contributed by atoms with Crippen molar-refractivity contribution in [2.24, 2.45) is 0 Å². The van der Waals surface area contributed by atoms with Crippen molar-refractivity contribution < 1.29 is 37.4 Å². The molecule has 15 heteroatoms. The quantitative estimate of drug-likeness (QED) is 0.224. The fourth-order valence-corrected chi connectivity index (χ4v) is 6.42. The number of esters is 1. The lowest BCUT2D eigenvalue weighted by atomic mass is 9.98. The number of anilines is 1. The van der Waals surface area contributed by atoms with E-state index in [1.165, 1.54) is 24.7 Å². The summed E-state index contributed by atoms with van der Waals surface area (Å²) in [6.45, 7) is 7.25. The molecule has 43 heavy (non-hydrogen) atoms. The van der Waals surface area contributed by atoms with Gasteiger partial charge in [-0.05, 0) is 59.6 Å². The van der Waals surface area contributed by atoms with Crippen molar-refractivity contribution in [2.45, 2.75) is 89.8 Å². The van der Waals surface area contributed by atoms with Gasteiger partial charge in [-0.25, -0.2) is 23.9 Å². The maximum atomic E-state index is 16.2. The van der Waals surface area contributed by atoms with Gasteiger partial charge in [-0.2, -0.15) is 5.09 Å².